The van der Waals surface area contributed by atoms with Crippen LogP contribution in [0.2, 0.25) is 0 Å². The Hall–Kier alpha value is -0.900. The van der Waals surface area contributed by atoms with E-state index in [0.29, 0.717) is 6.42 Å². The molecular weight excluding hydrogens is 264 g/mol. The van der Waals surface area contributed by atoms with Gasteiger partial charge in [0.1, 0.15) is 0 Å². The van der Waals surface area contributed by atoms with Crippen LogP contribution < -0.4 is 0 Å². The number of benzene rings is 1. The van der Waals surface area contributed by atoms with Gasteiger partial charge in [-0.25, -0.2) is 13.2 Å². The predicted molar refractivity (Wildman–Crippen MR) is 78.2 cm³/mol. The lowest BCUT2D eigenvalue weighted by molar-refractivity contribution is -0.00183. The summed E-state index contributed by atoms with van der Waals surface area (Å²) in [5, 5.41) is 0. The summed E-state index contributed by atoms with van der Waals surface area (Å²) in [6.07, 6.45) is 0.352. The van der Waals surface area contributed by atoms with Crippen molar-refractivity contribution in [2.24, 2.45) is 4.40 Å². The number of hydrogen-bond acceptors (Lipinski definition) is 2. The first kappa shape index (κ1) is 14.5. The molecule has 0 N–H and O–H groups in total. The van der Waals surface area contributed by atoms with Crippen molar-refractivity contribution in [1.29, 1.82) is 0 Å². The average molecular weight is 283 g/mol. The summed E-state index contributed by atoms with van der Waals surface area (Å²) in [6.45, 7) is 8.14. The topological polar surface area (TPSA) is 12.4 Å². The first-order chi connectivity index (χ1) is 8.71. The molecular formula is C15H19F2NS. The van der Waals surface area contributed by atoms with Crippen LogP contribution in [-0.4, -0.2) is 10.5 Å². The molecule has 19 heavy (non-hydrogen) atoms. The highest BCUT2D eigenvalue weighted by molar-refractivity contribution is 7.99. The third-order valence-corrected chi connectivity index (χ3v) is 4.02. The van der Waals surface area contributed by atoms with Gasteiger partial charge in [-0.15, -0.1) is 0 Å². The molecule has 1 aliphatic rings. The van der Waals surface area contributed by atoms with Gasteiger partial charge in [-0.3, -0.25) is 0 Å². The third kappa shape index (κ3) is 3.16. The molecule has 0 spiro atoms. The predicted octanol–water partition coefficient (Wildman–Crippen LogP) is 4.98. The minimum absolute atomic E-state index is 0.0309. The van der Waals surface area contributed by atoms with Crippen LogP contribution in [0.5, 0.6) is 0 Å². The normalized spacial score (nSPS) is 18.5. The van der Waals surface area contributed by atoms with Crippen LogP contribution in [-0.2, 0) is 12.3 Å². The van der Waals surface area contributed by atoms with Crippen molar-refractivity contribution in [2.75, 3.05) is 0 Å². The molecule has 0 saturated carbocycles. The second kappa shape index (κ2) is 4.89. The van der Waals surface area contributed by atoms with E-state index in [0.717, 1.165) is 16.8 Å². The SMILES string of the molecule is CC(=NSC(C)(C)C)c1cccc2c1CCC2(F)F. The maximum absolute atomic E-state index is 13.7. The van der Waals surface area contributed by atoms with Crippen molar-refractivity contribution >= 4 is 17.7 Å². The smallest absolute Gasteiger partial charge is 0.220 e. The van der Waals surface area contributed by atoms with Crippen LogP contribution in [0.3, 0.4) is 0 Å². The van der Waals surface area contributed by atoms with E-state index < -0.39 is 5.92 Å². The molecule has 0 saturated heterocycles. The lowest BCUT2D eigenvalue weighted by Gasteiger charge is -2.15. The molecule has 0 atom stereocenters. The van der Waals surface area contributed by atoms with Gasteiger partial charge in [-0.05, 0) is 51.6 Å². The molecule has 0 aliphatic heterocycles. The van der Waals surface area contributed by atoms with Gasteiger partial charge in [0.25, 0.3) is 5.92 Å². The highest BCUT2D eigenvalue weighted by Gasteiger charge is 2.40. The lowest BCUT2D eigenvalue weighted by Crippen LogP contribution is -2.09. The Morgan fingerprint density at radius 2 is 2.00 bits per heavy atom. The van der Waals surface area contributed by atoms with Crippen LogP contribution in [0.25, 0.3) is 0 Å². The molecule has 0 radical (unpaired) electrons. The van der Waals surface area contributed by atoms with Crippen LogP contribution in [0.1, 0.15) is 50.8 Å². The first-order valence-electron chi connectivity index (χ1n) is 6.44. The fourth-order valence-corrected chi connectivity index (χ4v) is 2.72. The second-order valence-corrected chi connectivity index (χ2v) is 7.51. The van der Waals surface area contributed by atoms with Crippen LogP contribution >= 0.6 is 11.9 Å². The van der Waals surface area contributed by atoms with Gasteiger partial charge in [0, 0.05) is 22.3 Å². The summed E-state index contributed by atoms with van der Waals surface area (Å²) in [5.74, 6) is -2.68. The summed E-state index contributed by atoms with van der Waals surface area (Å²) in [6, 6.07) is 5.13. The first-order valence-corrected chi connectivity index (χ1v) is 7.21. The van der Waals surface area contributed by atoms with Crippen molar-refractivity contribution in [2.45, 2.75) is 51.2 Å². The molecule has 0 heterocycles. The van der Waals surface area contributed by atoms with E-state index in [-0.39, 0.29) is 16.7 Å². The lowest BCUT2D eigenvalue weighted by atomic mass is 10.00. The molecule has 104 valence electrons. The number of hydrogen-bond donors (Lipinski definition) is 0. The molecule has 2 rings (SSSR count). The van der Waals surface area contributed by atoms with Crippen LogP contribution in [0, 0.1) is 0 Å². The Kier molecular flexibility index (Phi) is 3.74. The van der Waals surface area contributed by atoms with Crippen molar-refractivity contribution in [3.8, 4) is 0 Å². The second-order valence-electron chi connectivity index (χ2n) is 5.92. The van der Waals surface area contributed by atoms with Crippen LogP contribution in [0.15, 0.2) is 22.6 Å². The van der Waals surface area contributed by atoms with Crippen molar-refractivity contribution in [3.05, 3.63) is 34.9 Å². The molecule has 0 unspecified atom stereocenters. The largest absolute Gasteiger partial charge is 0.273 e. The van der Waals surface area contributed by atoms with E-state index in [1.165, 1.54) is 18.0 Å². The van der Waals surface area contributed by atoms with Gasteiger partial charge in [0.05, 0.1) is 5.71 Å². The Morgan fingerprint density at radius 3 is 2.63 bits per heavy atom. The molecule has 0 fully saturated rings. The molecule has 1 aromatic rings. The van der Waals surface area contributed by atoms with Gasteiger partial charge in [-0.2, -0.15) is 0 Å². The molecule has 4 heteroatoms. The molecule has 0 bridgehead atoms. The van der Waals surface area contributed by atoms with Crippen molar-refractivity contribution in [1.82, 2.24) is 0 Å². The quantitative estimate of drug-likeness (QED) is 0.551. The van der Waals surface area contributed by atoms with Gasteiger partial charge >= 0.3 is 0 Å². The summed E-state index contributed by atoms with van der Waals surface area (Å²) in [5.41, 5.74) is 2.64. The zero-order chi connectivity index (χ0) is 14.3. The highest BCUT2D eigenvalue weighted by Crippen LogP contribution is 2.43. The fourth-order valence-electron chi connectivity index (χ4n) is 2.21. The van der Waals surface area contributed by atoms with E-state index in [4.69, 9.17) is 0 Å². The zero-order valence-corrected chi connectivity index (χ0v) is 12.6. The summed E-state index contributed by atoms with van der Waals surface area (Å²) in [7, 11) is 0. The van der Waals surface area contributed by atoms with Gasteiger partial charge in [-0.1, -0.05) is 18.2 Å². The molecule has 1 nitrogen and oxygen atoms in total. The minimum Gasteiger partial charge on any atom is -0.220 e. The van der Waals surface area contributed by atoms with E-state index in [1.807, 2.05) is 13.0 Å². The fraction of sp³-hybridized carbons (Fsp3) is 0.533. The maximum Gasteiger partial charge on any atom is 0.273 e. The van der Waals surface area contributed by atoms with Crippen LogP contribution in [0.4, 0.5) is 8.78 Å². The van der Waals surface area contributed by atoms with Crippen molar-refractivity contribution in [3.63, 3.8) is 0 Å². The maximum atomic E-state index is 13.7. The molecule has 0 aromatic heterocycles. The van der Waals surface area contributed by atoms with E-state index >= 15 is 0 Å². The summed E-state index contributed by atoms with van der Waals surface area (Å²) in [4.78, 5) is 0. The highest BCUT2D eigenvalue weighted by atomic mass is 32.2. The molecule has 0 amide bonds. The minimum atomic E-state index is -2.68. The van der Waals surface area contributed by atoms with E-state index in [1.54, 1.807) is 6.07 Å². The number of halogens is 2. The average Bonchev–Trinajstić information content (AvgIpc) is 2.62. The zero-order valence-electron chi connectivity index (χ0n) is 11.8. The van der Waals surface area contributed by atoms with Gasteiger partial charge in [0.15, 0.2) is 0 Å². The van der Waals surface area contributed by atoms with Crippen molar-refractivity contribution < 1.29 is 8.78 Å². The van der Waals surface area contributed by atoms with E-state index in [2.05, 4.69) is 25.2 Å². The van der Waals surface area contributed by atoms with E-state index in [9.17, 15) is 8.78 Å². The van der Waals surface area contributed by atoms with Gasteiger partial charge < -0.3 is 0 Å². The Morgan fingerprint density at radius 1 is 1.32 bits per heavy atom. The Bertz CT molecular complexity index is 515. The Labute approximate surface area is 117 Å². The number of nitrogens with zero attached hydrogens (tertiary/aromatic N) is 1. The summed E-state index contributed by atoms with van der Waals surface area (Å²) >= 11 is 1.48. The molecule has 1 aromatic carbocycles. The standard InChI is InChI=1S/C15H19F2NS/c1-10(18-19-14(2,3)4)11-6-5-7-13-12(11)8-9-15(13,16)17/h5-7H,8-9H2,1-4H3. The number of alkyl halides is 2. The van der Waals surface area contributed by atoms with Gasteiger partial charge in [0.2, 0.25) is 0 Å². The third-order valence-electron chi connectivity index (χ3n) is 3.11. The monoisotopic (exact) mass is 283 g/mol. The number of rotatable bonds is 2. The summed E-state index contributed by atoms with van der Waals surface area (Å²) < 4.78 is 31.9. The molecule has 1 aliphatic carbocycles. The number of fused-ring (bicyclic) bond motifs is 1. The Balaban J connectivity index is 2.35.